The van der Waals surface area contributed by atoms with Crippen molar-refractivity contribution >= 4 is 29.4 Å². The van der Waals surface area contributed by atoms with Gasteiger partial charge in [0.05, 0.1) is 39.5 Å². The van der Waals surface area contributed by atoms with Crippen molar-refractivity contribution in [3.8, 4) is 5.75 Å². The van der Waals surface area contributed by atoms with E-state index in [9.17, 15) is 14.4 Å². The van der Waals surface area contributed by atoms with Crippen LogP contribution in [0.25, 0.3) is 0 Å². The van der Waals surface area contributed by atoms with Gasteiger partial charge in [0.2, 0.25) is 5.91 Å². The Morgan fingerprint density at radius 3 is 2.42 bits per heavy atom. The van der Waals surface area contributed by atoms with Crippen LogP contribution in [-0.2, 0) is 27.4 Å². The minimum absolute atomic E-state index is 0.0165. The number of anilines is 2. The van der Waals surface area contributed by atoms with E-state index in [1.165, 1.54) is 0 Å². The van der Waals surface area contributed by atoms with Gasteiger partial charge in [0.15, 0.2) is 0 Å². The van der Waals surface area contributed by atoms with E-state index in [0.717, 1.165) is 65.1 Å². The molecule has 232 valence electrons. The molecule has 3 aliphatic rings. The summed E-state index contributed by atoms with van der Waals surface area (Å²) in [7, 11) is 1.62. The number of fused-ring (bicyclic) bond motifs is 1. The van der Waals surface area contributed by atoms with E-state index in [1.807, 2.05) is 56.9 Å². The Kier molecular flexibility index (Phi) is 8.87. The molecule has 0 aromatic heterocycles. The third kappa shape index (κ3) is 7.24. The highest BCUT2D eigenvalue weighted by Gasteiger charge is 2.36. The summed E-state index contributed by atoms with van der Waals surface area (Å²) < 4.78 is 16.8. The van der Waals surface area contributed by atoms with E-state index in [2.05, 4.69) is 23.6 Å². The lowest BCUT2D eigenvalue weighted by Gasteiger charge is -2.40. The maximum Gasteiger partial charge on any atom is 0.410 e. The van der Waals surface area contributed by atoms with Crippen LogP contribution in [-0.4, -0.2) is 65.8 Å². The summed E-state index contributed by atoms with van der Waals surface area (Å²) in [5.41, 5.74) is 5.25. The number of urea groups is 1. The van der Waals surface area contributed by atoms with E-state index >= 15 is 0 Å². The standard InChI is InChI=1S/C33H44N4O6/c1-20-7-10-24(15-29(20)41-6)34-30(38)23-8-11-25(12-9-23)37-18-27-21(2)13-22(14-28(27)35-31(37)39)19-42-26-16-36(17-26)32(40)43-33(3,4)5/h7,10,13-15,23,25-26H,8-9,11-12,16-19H2,1-6H3,(H,34,38)(H,35,39). The van der Waals surface area contributed by atoms with Crippen LogP contribution in [0.5, 0.6) is 5.75 Å². The van der Waals surface area contributed by atoms with Gasteiger partial charge in [0, 0.05) is 29.4 Å². The minimum Gasteiger partial charge on any atom is -0.496 e. The van der Waals surface area contributed by atoms with Crippen molar-refractivity contribution in [2.75, 3.05) is 30.8 Å². The van der Waals surface area contributed by atoms with Crippen LogP contribution in [0.3, 0.4) is 0 Å². The maximum atomic E-state index is 13.2. The highest BCUT2D eigenvalue weighted by molar-refractivity contribution is 5.94. The Labute approximate surface area is 254 Å². The second-order valence-corrected chi connectivity index (χ2v) is 13.0. The number of methoxy groups -OCH3 is 1. The van der Waals surface area contributed by atoms with Gasteiger partial charge in [-0.15, -0.1) is 0 Å². The van der Waals surface area contributed by atoms with E-state index < -0.39 is 5.60 Å². The van der Waals surface area contributed by atoms with Gasteiger partial charge in [-0.3, -0.25) is 4.79 Å². The number of carbonyl (C=O) groups is 3. The van der Waals surface area contributed by atoms with Crippen molar-refractivity contribution in [1.82, 2.24) is 9.80 Å². The van der Waals surface area contributed by atoms with Crippen LogP contribution >= 0.6 is 0 Å². The topological polar surface area (TPSA) is 109 Å². The third-order valence-corrected chi connectivity index (χ3v) is 8.53. The van der Waals surface area contributed by atoms with Gasteiger partial charge >= 0.3 is 12.1 Å². The molecule has 2 heterocycles. The number of hydrogen-bond donors (Lipinski definition) is 2. The molecule has 4 amide bonds. The average Bonchev–Trinajstić information content (AvgIpc) is 2.92. The number of ether oxygens (including phenoxy) is 3. The molecule has 0 spiro atoms. The predicted molar refractivity (Wildman–Crippen MR) is 164 cm³/mol. The van der Waals surface area contributed by atoms with Crippen molar-refractivity contribution in [2.24, 2.45) is 5.92 Å². The highest BCUT2D eigenvalue weighted by Crippen LogP contribution is 2.35. The van der Waals surface area contributed by atoms with Crippen molar-refractivity contribution in [2.45, 2.75) is 91.2 Å². The molecule has 0 atom stereocenters. The fourth-order valence-corrected chi connectivity index (χ4v) is 6.05. The molecule has 2 aromatic rings. The molecule has 0 radical (unpaired) electrons. The molecule has 0 unspecified atom stereocenters. The molecule has 2 fully saturated rings. The van der Waals surface area contributed by atoms with Gasteiger partial charge in [-0.25, -0.2) is 9.59 Å². The lowest BCUT2D eigenvalue weighted by molar-refractivity contribution is -0.121. The van der Waals surface area contributed by atoms with E-state index in [1.54, 1.807) is 12.0 Å². The normalized spacial score (nSPS) is 20.6. The van der Waals surface area contributed by atoms with Gasteiger partial charge in [-0.1, -0.05) is 12.1 Å². The minimum atomic E-state index is -0.517. The summed E-state index contributed by atoms with van der Waals surface area (Å²) in [4.78, 5) is 41.9. The van der Waals surface area contributed by atoms with E-state index in [4.69, 9.17) is 14.2 Å². The summed E-state index contributed by atoms with van der Waals surface area (Å²) in [5, 5.41) is 6.14. The summed E-state index contributed by atoms with van der Waals surface area (Å²) in [6.45, 7) is 11.6. The molecule has 10 nitrogen and oxygen atoms in total. The zero-order valence-electron chi connectivity index (χ0n) is 26.1. The average molecular weight is 593 g/mol. The number of nitrogens with one attached hydrogen (secondary N) is 2. The molecular formula is C33H44N4O6. The molecule has 5 rings (SSSR count). The molecule has 2 aliphatic heterocycles. The first-order valence-corrected chi connectivity index (χ1v) is 15.1. The van der Waals surface area contributed by atoms with Gasteiger partial charge in [-0.2, -0.15) is 0 Å². The molecule has 1 saturated heterocycles. The number of amides is 4. The summed E-state index contributed by atoms with van der Waals surface area (Å²) in [6, 6.07) is 9.77. The first-order valence-electron chi connectivity index (χ1n) is 15.1. The van der Waals surface area contributed by atoms with E-state index in [0.29, 0.717) is 26.2 Å². The van der Waals surface area contributed by atoms with Crippen LogP contribution in [0.2, 0.25) is 0 Å². The second-order valence-electron chi connectivity index (χ2n) is 13.0. The Balaban J connectivity index is 1.11. The van der Waals surface area contributed by atoms with Gasteiger partial charge < -0.3 is 34.6 Å². The first kappa shape index (κ1) is 30.7. The Morgan fingerprint density at radius 2 is 1.74 bits per heavy atom. The number of rotatable bonds is 7. The van der Waals surface area contributed by atoms with Crippen LogP contribution in [0, 0.1) is 19.8 Å². The zero-order valence-corrected chi connectivity index (χ0v) is 26.1. The third-order valence-electron chi connectivity index (χ3n) is 8.53. The molecule has 1 aliphatic carbocycles. The lowest BCUT2D eigenvalue weighted by Crippen LogP contribution is -2.55. The second kappa shape index (κ2) is 12.4. The smallest absolute Gasteiger partial charge is 0.410 e. The van der Waals surface area contributed by atoms with Crippen LogP contribution in [0.4, 0.5) is 21.0 Å². The monoisotopic (exact) mass is 592 g/mol. The van der Waals surface area contributed by atoms with Crippen LogP contribution in [0.1, 0.15) is 68.7 Å². The Morgan fingerprint density at radius 1 is 1.02 bits per heavy atom. The molecule has 43 heavy (non-hydrogen) atoms. The summed E-state index contributed by atoms with van der Waals surface area (Å²) in [5.74, 6) is 0.681. The van der Waals surface area contributed by atoms with Crippen molar-refractivity contribution in [3.05, 3.63) is 52.6 Å². The first-order chi connectivity index (χ1) is 20.4. The number of benzene rings is 2. The largest absolute Gasteiger partial charge is 0.496 e. The van der Waals surface area contributed by atoms with Crippen LogP contribution in [0.15, 0.2) is 30.3 Å². The summed E-state index contributed by atoms with van der Waals surface area (Å²) >= 11 is 0. The Bertz CT molecular complexity index is 1370. The number of aryl methyl sites for hydroxylation is 2. The SMILES string of the molecule is COc1cc(NC(=O)C2CCC(N3Cc4c(C)cc(COC5CN(C(=O)OC(C)(C)C)C5)cc4NC3=O)CC2)ccc1C. The van der Waals surface area contributed by atoms with Crippen molar-refractivity contribution in [3.63, 3.8) is 0 Å². The quantitative estimate of drug-likeness (QED) is 0.409. The van der Waals surface area contributed by atoms with Gasteiger partial charge in [0.1, 0.15) is 11.4 Å². The van der Waals surface area contributed by atoms with Gasteiger partial charge in [0.25, 0.3) is 0 Å². The molecule has 2 aromatic carbocycles. The van der Waals surface area contributed by atoms with Crippen molar-refractivity contribution in [1.29, 1.82) is 0 Å². The predicted octanol–water partition coefficient (Wildman–Crippen LogP) is 5.99. The van der Waals surface area contributed by atoms with E-state index in [-0.39, 0.29) is 36.1 Å². The molecule has 10 heteroatoms. The molecule has 1 saturated carbocycles. The lowest BCUT2D eigenvalue weighted by atomic mass is 9.84. The maximum absolute atomic E-state index is 13.2. The zero-order chi connectivity index (χ0) is 30.9. The van der Waals surface area contributed by atoms with Gasteiger partial charge in [-0.05, 0) is 94.7 Å². The highest BCUT2D eigenvalue weighted by atomic mass is 16.6. The van der Waals surface area contributed by atoms with Crippen LogP contribution < -0.4 is 15.4 Å². The van der Waals surface area contributed by atoms with Crippen molar-refractivity contribution < 1.29 is 28.6 Å². The Hall–Kier alpha value is -3.79. The fourth-order valence-electron chi connectivity index (χ4n) is 6.05. The fraction of sp³-hybridized carbons (Fsp3) is 0.545. The molecule has 2 N–H and O–H groups in total. The number of likely N-dealkylation sites (tertiary alicyclic amines) is 1. The molecular weight excluding hydrogens is 548 g/mol. The number of carbonyl (C=O) groups excluding carboxylic acids is 3. The number of hydrogen-bond acceptors (Lipinski definition) is 6. The summed E-state index contributed by atoms with van der Waals surface area (Å²) in [6.07, 6.45) is 2.68. The molecule has 0 bridgehead atoms. The number of nitrogens with zero attached hydrogens (tertiary/aromatic N) is 2.